The number of hydrogen-bond acceptors (Lipinski definition) is 2. The molecule has 3 rings (SSSR count). The molecule has 0 spiro atoms. The second-order valence-electron chi connectivity index (χ2n) is 5.56. The van der Waals surface area contributed by atoms with Gasteiger partial charge in [0, 0.05) is 17.6 Å². The van der Waals surface area contributed by atoms with Crippen LogP contribution in [0.5, 0.6) is 0 Å². The number of fused-ring (bicyclic) bond motifs is 1. The van der Waals surface area contributed by atoms with Crippen LogP contribution in [0.3, 0.4) is 0 Å². The predicted molar refractivity (Wildman–Crippen MR) is 75.2 cm³/mol. The van der Waals surface area contributed by atoms with Crippen LogP contribution < -0.4 is 5.73 Å². The molecule has 1 aromatic carbocycles. The quantitative estimate of drug-likeness (QED) is 0.869. The summed E-state index contributed by atoms with van der Waals surface area (Å²) in [7, 11) is 0. The Labute approximate surface area is 108 Å². The summed E-state index contributed by atoms with van der Waals surface area (Å²) in [6.07, 6.45) is 5.85. The SMILES string of the molecule is CC1CCCC1C(N)c1cnc2ccccc2c1. The molecule has 0 radical (unpaired) electrons. The molecule has 94 valence electrons. The minimum Gasteiger partial charge on any atom is -0.324 e. The molecule has 1 aromatic heterocycles. The molecule has 1 aliphatic carbocycles. The van der Waals surface area contributed by atoms with Gasteiger partial charge in [0.05, 0.1) is 5.52 Å². The van der Waals surface area contributed by atoms with E-state index in [-0.39, 0.29) is 6.04 Å². The van der Waals surface area contributed by atoms with Crippen molar-refractivity contribution in [3.8, 4) is 0 Å². The number of pyridine rings is 1. The van der Waals surface area contributed by atoms with Crippen LogP contribution in [0.4, 0.5) is 0 Å². The van der Waals surface area contributed by atoms with Gasteiger partial charge in [-0.15, -0.1) is 0 Å². The lowest BCUT2D eigenvalue weighted by molar-refractivity contribution is 0.351. The van der Waals surface area contributed by atoms with Crippen LogP contribution in [-0.2, 0) is 0 Å². The monoisotopic (exact) mass is 240 g/mol. The maximum Gasteiger partial charge on any atom is 0.0702 e. The largest absolute Gasteiger partial charge is 0.324 e. The Hall–Kier alpha value is -1.41. The summed E-state index contributed by atoms with van der Waals surface area (Å²) in [6.45, 7) is 2.33. The van der Waals surface area contributed by atoms with E-state index in [9.17, 15) is 0 Å². The molecular weight excluding hydrogens is 220 g/mol. The van der Waals surface area contributed by atoms with Crippen molar-refractivity contribution >= 4 is 10.9 Å². The third-order valence-electron chi connectivity index (χ3n) is 4.39. The normalized spacial score (nSPS) is 25.4. The Bertz CT molecular complexity index is 550. The highest BCUT2D eigenvalue weighted by Crippen LogP contribution is 2.38. The molecule has 0 amide bonds. The number of hydrogen-bond donors (Lipinski definition) is 1. The van der Waals surface area contributed by atoms with Gasteiger partial charge in [0.2, 0.25) is 0 Å². The molecule has 2 N–H and O–H groups in total. The third-order valence-corrected chi connectivity index (χ3v) is 4.39. The van der Waals surface area contributed by atoms with Crippen molar-refractivity contribution < 1.29 is 0 Å². The fraction of sp³-hybridized carbons (Fsp3) is 0.438. The fourth-order valence-electron chi connectivity index (χ4n) is 3.23. The van der Waals surface area contributed by atoms with Crippen molar-refractivity contribution in [1.82, 2.24) is 4.98 Å². The summed E-state index contributed by atoms with van der Waals surface area (Å²) in [5, 5.41) is 1.19. The van der Waals surface area contributed by atoms with E-state index in [1.807, 2.05) is 18.3 Å². The van der Waals surface area contributed by atoms with E-state index in [0.717, 1.165) is 11.4 Å². The number of nitrogens with zero attached hydrogens (tertiary/aromatic N) is 1. The maximum atomic E-state index is 6.44. The highest BCUT2D eigenvalue weighted by atomic mass is 14.7. The predicted octanol–water partition coefficient (Wildman–Crippen LogP) is 3.67. The van der Waals surface area contributed by atoms with E-state index in [0.29, 0.717) is 5.92 Å². The minimum absolute atomic E-state index is 0.139. The third kappa shape index (κ3) is 2.01. The van der Waals surface area contributed by atoms with Crippen molar-refractivity contribution in [2.75, 3.05) is 0 Å². The molecule has 2 nitrogen and oxygen atoms in total. The Kier molecular flexibility index (Phi) is 3.04. The molecule has 18 heavy (non-hydrogen) atoms. The second-order valence-corrected chi connectivity index (χ2v) is 5.56. The molecule has 1 heterocycles. The van der Waals surface area contributed by atoms with E-state index in [1.165, 1.54) is 30.2 Å². The van der Waals surface area contributed by atoms with Crippen LogP contribution in [0, 0.1) is 11.8 Å². The molecule has 0 aliphatic heterocycles. The standard InChI is InChI=1S/C16H20N2/c1-11-5-4-7-14(11)16(17)13-9-12-6-2-3-8-15(12)18-10-13/h2-3,6,8-11,14,16H,4-5,7,17H2,1H3. The molecule has 0 bridgehead atoms. The zero-order chi connectivity index (χ0) is 12.5. The Morgan fingerprint density at radius 1 is 1.28 bits per heavy atom. The highest BCUT2D eigenvalue weighted by molar-refractivity contribution is 5.78. The number of aromatic nitrogens is 1. The van der Waals surface area contributed by atoms with E-state index < -0.39 is 0 Å². The van der Waals surface area contributed by atoms with E-state index >= 15 is 0 Å². The lowest BCUT2D eigenvalue weighted by Crippen LogP contribution is -2.23. The zero-order valence-corrected chi connectivity index (χ0v) is 10.8. The summed E-state index contributed by atoms with van der Waals surface area (Å²) in [4.78, 5) is 4.52. The van der Waals surface area contributed by atoms with Gasteiger partial charge >= 0.3 is 0 Å². The molecule has 3 unspecified atom stereocenters. The van der Waals surface area contributed by atoms with Crippen LogP contribution in [0.15, 0.2) is 36.5 Å². The Balaban J connectivity index is 1.93. The molecule has 2 heteroatoms. The maximum absolute atomic E-state index is 6.44. The molecular formula is C16H20N2. The molecule has 1 fully saturated rings. The second kappa shape index (κ2) is 4.69. The Morgan fingerprint density at radius 3 is 2.89 bits per heavy atom. The van der Waals surface area contributed by atoms with Gasteiger partial charge in [-0.2, -0.15) is 0 Å². The summed E-state index contributed by atoms with van der Waals surface area (Å²) in [5.41, 5.74) is 8.68. The lowest BCUT2D eigenvalue weighted by atomic mass is 9.87. The van der Waals surface area contributed by atoms with Crippen LogP contribution in [0.2, 0.25) is 0 Å². The smallest absolute Gasteiger partial charge is 0.0702 e. The topological polar surface area (TPSA) is 38.9 Å². The van der Waals surface area contributed by atoms with Gasteiger partial charge in [0.1, 0.15) is 0 Å². The zero-order valence-electron chi connectivity index (χ0n) is 10.8. The van der Waals surface area contributed by atoms with Crippen molar-refractivity contribution in [1.29, 1.82) is 0 Å². The average molecular weight is 240 g/mol. The first-order chi connectivity index (χ1) is 8.75. The van der Waals surface area contributed by atoms with Gasteiger partial charge in [0.25, 0.3) is 0 Å². The fourth-order valence-corrected chi connectivity index (χ4v) is 3.23. The highest BCUT2D eigenvalue weighted by Gasteiger charge is 2.29. The van der Waals surface area contributed by atoms with E-state index in [1.54, 1.807) is 0 Å². The van der Waals surface area contributed by atoms with Gasteiger partial charge < -0.3 is 5.73 Å². The molecule has 1 saturated carbocycles. The number of rotatable bonds is 2. The first-order valence-corrected chi connectivity index (χ1v) is 6.86. The van der Waals surface area contributed by atoms with Crippen molar-refractivity contribution in [3.63, 3.8) is 0 Å². The number of nitrogens with two attached hydrogens (primary N) is 1. The van der Waals surface area contributed by atoms with Crippen LogP contribution in [-0.4, -0.2) is 4.98 Å². The van der Waals surface area contributed by atoms with Gasteiger partial charge in [-0.25, -0.2) is 0 Å². The van der Waals surface area contributed by atoms with Crippen LogP contribution >= 0.6 is 0 Å². The van der Waals surface area contributed by atoms with Gasteiger partial charge in [-0.1, -0.05) is 38.0 Å². The minimum atomic E-state index is 0.139. The molecule has 1 aliphatic rings. The number of benzene rings is 1. The molecule has 2 aromatic rings. The summed E-state index contributed by atoms with van der Waals surface area (Å²) in [5.74, 6) is 1.36. The average Bonchev–Trinajstić information content (AvgIpc) is 2.83. The van der Waals surface area contributed by atoms with Crippen molar-refractivity contribution in [3.05, 3.63) is 42.1 Å². The molecule has 3 atom stereocenters. The van der Waals surface area contributed by atoms with Gasteiger partial charge in [0.15, 0.2) is 0 Å². The van der Waals surface area contributed by atoms with Crippen LogP contribution in [0.25, 0.3) is 10.9 Å². The van der Waals surface area contributed by atoms with Gasteiger partial charge in [-0.3, -0.25) is 4.98 Å². The first kappa shape index (κ1) is 11.7. The van der Waals surface area contributed by atoms with Crippen LogP contribution in [0.1, 0.15) is 37.8 Å². The van der Waals surface area contributed by atoms with Gasteiger partial charge in [-0.05, 0) is 36.0 Å². The number of para-hydroxylation sites is 1. The summed E-state index contributed by atoms with van der Waals surface area (Å²) < 4.78 is 0. The van der Waals surface area contributed by atoms with Crippen molar-refractivity contribution in [2.24, 2.45) is 17.6 Å². The Morgan fingerprint density at radius 2 is 2.11 bits per heavy atom. The van der Waals surface area contributed by atoms with Crippen molar-refractivity contribution in [2.45, 2.75) is 32.2 Å². The first-order valence-electron chi connectivity index (χ1n) is 6.86. The van der Waals surface area contributed by atoms with E-state index in [2.05, 4.69) is 30.1 Å². The van der Waals surface area contributed by atoms with E-state index in [4.69, 9.17) is 5.73 Å². The summed E-state index contributed by atoms with van der Waals surface area (Å²) >= 11 is 0. The summed E-state index contributed by atoms with van der Waals surface area (Å²) in [6, 6.07) is 10.6. The lowest BCUT2D eigenvalue weighted by Gasteiger charge is -2.23. The molecule has 0 saturated heterocycles.